The molecule has 7 heteroatoms. The van der Waals surface area contributed by atoms with E-state index >= 15 is 0 Å². The number of benzene rings is 2. The van der Waals surface area contributed by atoms with Crippen LogP contribution < -0.4 is 5.43 Å². The number of hydrogen-bond donors (Lipinski definition) is 2. The first-order valence-electron chi connectivity index (χ1n) is 6.61. The minimum Gasteiger partial charge on any atom is -0.507 e. The van der Waals surface area contributed by atoms with Crippen molar-refractivity contribution in [3.63, 3.8) is 0 Å². The summed E-state index contributed by atoms with van der Waals surface area (Å²) in [5, 5.41) is 17.0. The highest BCUT2D eigenvalue weighted by Crippen LogP contribution is 2.26. The van der Waals surface area contributed by atoms with Gasteiger partial charge in [-0.1, -0.05) is 23.7 Å². The third-order valence-corrected chi connectivity index (χ3v) is 4.62. The summed E-state index contributed by atoms with van der Waals surface area (Å²) in [6, 6.07) is 12.7. The number of phenols is 1. The van der Waals surface area contributed by atoms with Crippen molar-refractivity contribution in [3.8, 4) is 17.0 Å². The molecule has 2 N–H and O–H groups in total. The quantitative estimate of drug-likeness (QED) is 0.450. The number of aromatic hydroxyl groups is 1. The normalized spacial score (nSPS) is 11.0. The molecule has 1 aromatic heterocycles. The van der Waals surface area contributed by atoms with Crippen LogP contribution in [0.15, 0.2) is 57.4 Å². The molecule has 0 fully saturated rings. The lowest BCUT2D eigenvalue weighted by Gasteiger charge is -1.98. The molecule has 0 spiro atoms. The Labute approximate surface area is 150 Å². The lowest BCUT2D eigenvalue weighted by atomic mass is 10.2. The predicted molar refractivity (Wildman–Crippen MR) is 99.6 cm³/mol. The van der Waals surface area contributed by atoms with Gasteiger partial charge in [-0.05, 0) is 51.8 Å². The molecule has 1 heterocycles. The molecule has 116 valence electrons. The van der Waals surface area contributed by atoms with Crippen LogP contribution in [-0.4, -0.2) is 16.3 Å². The van der Waals surface area contributed by atoms with Crippen LogP contribution in [0.5, 0.6) is 5.75 Å². The van der Waals surface area contributed by atoms with Crippen molar-refractivity contribution in [3.05, 3.63) is 62.9 Å². The van der Waals surface area contributed by atoms with E-state index in [9.17, 15) is 5.11 Å². The minimum absolute atomic E-state index is 0.197. The molecular weight excluding hydrogens is 398 g/mol. The number of nitrogens with one attached hydrogen (secondary N) is 1. The zero-order valence-electron chi connectivity index (χ0n) is 11.7. The number of halogens is 2. The molecule has 0 aliphatic heterocycles. The third-order valence-electron chi connectivity index (χ3n) is 2.99. The molecule has 2 aromatic carbocycles. The number of phenolic OH excluding ortho intramolecular Hbond substituents is 1. The Morgan fingerprint density at radius 2 is 2.00 bits per heavy atom. The second kappa shape index (κ2) is 7.12. The van der Waals surface area contributed by atoms with Crippen molar-refractivity contribution < 1.29 is 5.11 Å². The van der Waals surface area contributed by atoms with Gasteiger partial charge in [-0.25, -0.2) is 4.98 Å². The summed E-state index contributed by atoms with van der Waals surface area (Å²) in [4.78, 5) is 4.47. The van der Waals surface area contributed by atoms with E-state index in [4.69, 9.17) is 11.6 Å². The SMILES string of the molecule is Oc1ccc(/C=N\Nc2nc(-c3ccc(Cl)cc3)cs2)cc1Br. The second-order valence-corrected chi connectivity index (χ2v) is 6.77. The van der Waals surface area contributed by atoms with E-state index in [1.807, 2.05) is 29.6 Å². The van der Waals surface area contributed by atoms with Crippen LogP contribution in [0.25, 0.3) is 11.3 Å². The van der Waals surface area contributed by atoms with Gasteiger partial charge in [0.25, 0.3) is 0 Å². The zero-order valence-corrected chi connectivity index (χ0v) is 14.9. The van der Waals surface area contributed by atoms with E-state index in [1.165, 1.54) is 11.3 Å². The highest BCUT2D eigenvalue weighted by Gasteiger charge is 2.04. The highest BCUT2D eigenvalue weighted by atomic mass is 79.9. The van der Waals surface area contributed by atoms with E-state index in [-0.39, 0.29) is 5.75 Å². The molecule has 0 saturated carbocycles. The van der Waals surface area contributed by atoms with Crippen molar-refractivity contribution in [2.24, 2.45) is 5.10 Å². The van der Waals surface area contributed by atoms with Crippen molar-refractivity contribution >= 4 is 50.2 Å². The predicted octanol–water partition coefficient (Wildman–Crippen LogP) is 5.38. The Bertz CT molecular complexity index is 849. The topological polar surface area (TPSA) is 57.5 Å². The van der Waals surface area contributed by atoms with Gasteiger partial charge in [-0.15, -0.1) is 11.3 Å². The molecule has 4 nitrogen and oxygen atoms in total. The van der Waals surface area contributed by atoms with Gasteiger partial charge >= 0.3 is 0 Å². The first-order chi connectivity index (χ1) is 11.1. The van der Waals surface area contributed by atoms with Gasteiger partial charge in [0.2, 0.25) is 5.13 Å². The first-order valence-corrected chi connectivity index (χ1v) is 8.66. The summed E-state index contributed by atoms with van der Waals surface area (Å²) < 4.78 is 0.626. The molecule has 0 bridgehead atoms. The van der Waals surface area contributed by atoms with Crippen LogP contribution in [0.1, 0.15) is 5.56 Å². The second-order valence-electron chi connectivity index (χ2n) is 4.63. The molecule has 0 radical (unpaired) electrons. The molecule has 0 saturated heterocycles. The molecule has 23 heavy (non-hydrogen) atoms. The average Bonchev–Trinajstić information content (AvgIpc) is 3.00. The fourth-order valence-corrected chi connectivity index (χ4v) is 3.03. The van der Waals surface area contributed by atoms with Crippen LogP contribution in [0.4, 0.5) is 5.13 Å². The summed E-state index contributed by atoms with van der Waals surface area (Å²) in [7, 11) is 0. The standard InChI is InChI=1S/C16H11BrClN3OS/c17-13-7-10(1-6-15(13)22)8-19-21-16-20-14(9-23-16)11-2-4-12(18)5-3-11/h1-9,22H,(H,20,21)/b19-8-. The number of nitrogens with zero attached hydrogens (tertiary/aromatic N) is 2. The van der Waals surface area contributed by atoms with Gasteiger partial charge in [-0.3, -0.25) is 5.43 Å². The Morgan fingerprint density at radius 3 is 2.74 bits per heavy atom. The Morgan fingerprint density at radius 1 is 1.22 bits per heavy atom. The number of aromatic nitrogens is 1. The zero-order chi connectivity index (χ0) is 16.2. The van der Waals surface area contributed by atoms with Crippen LogP contribution in [-0.2, 0) is 0 Å². The van der Waals surface area contributed by atoms with Gasteiger partial charge in [0.1, 0.15) is 5.75 Å². The summed E-state index contributed by atoms with van der Waals surface area (Å²) in [5.74, 6) is 0.197. The van der Waals surface area contributed by atoms with Crippen LogP contribution in [0.2, 0.25) is 5.02 Å². The molecule has 3 rings (SSSR count). The largest absolute Gasteiger partial charge is 0.507 e. The minimum atomic E-state index is 0.197. The monoisotopic (exact) mass is 407 g/mol. The Hall–Kier alpha value is -1.89. The lowest BCUT2D eigenvalue weighted by Crippen LogP contribution is -1.90. The van der Waals surface area contributed by atoms with Gasteiger partial charge in [0, 0.05) is 16.0 Å². The maximum Gasteiger partial charge on any atom is 0.203 e. The summed E-state index contributed by atoms with van der Waals surface area (Å²) in [5.41, 5.74) is 5.64. The number of hydrogen-bond acceptors (Lipinski definition) is 5. The highest BCUT2D eigenvalue weighted by molar-refractivity contribution is 9.10. The molecule has 0 aliphatic carbocycles. The van der Waals surface area contributed by atoms with Crippen molar-refractivity contribution in [1.82, 2.24) is 4.98 Å². The molecule has 0 atom stereocenters. The smallest absolute Gasteiger partial charge is 0.203 e. The van der Waals surface area contributed by atoms with Crippen molar-refractivity contribution in [2.45, 2.75) is 0 Å². The Kier molecular flexibility index (Phi) is 4.95. The maximum atomic E-state index is 9.45. The van der Waals surface area contributed by atoms with Crippen molar-refractivity contribution in [1.29, 1.82) is 0 Å². The lowest BCUT2D eigenvalue weighted by molar-refractivity contribution is 0.472. The molecule has 3 aromatic rings. The first kappa shape index (κ1) is 16.0. The number of anilines is 1. The molecule has 0 aliphatic rings. The molecule has 0 amide bonds. The van der Waals surface area contributed by atoms with Crippen molar-refractivity contribution in [2.75, 3.05) is 5.43 Å². The third kappa shape index (κ3) is 4.10. The molecular formula is C16H11BrClN3OS. The van der Waals surface area contributed by atoms with Gasteiger partial charge in [-0.2, -0.15) is 5.10 Å². The number of rotatable bonds is 4. The fraction of sp³-hybridized carbons (Fsp3) is 0. The van der Waals surface area contributed by atoms with E-state index in [0.29, 0.717) is 14.6 Å². The molecule has 0 unspecified atom stereocenters. The average molecular weight is 409 g/mol. The fourth-order valence-electron chi connectivity index (χ4n) is 1.84. The van der Waals surface area contributed by atoms with E-state index in [2.05, 4.69) is 31.4 Å². The summed E-state index contributed by atoms with van der Waals surface area (Å²) >= 11 is 10.6. The van der Waals surface area contributed by atoms with Gasteiger partial charge in [0.05, 0.1) is 16.4 Å². The van der Waals surface area contributed by atoms with Gasteiger partial charge in [0.15, 0.2) is 0 Å². The number of hydrazone groups is 1. The van der Waals surface area contributed by atoms with E-state index < -0.39 is 0 Å². The summed E-state index contributed by atoms with van der Waals surface area (Å²) in [6.07, 6.45) is 1.66. The van der Waals surface area contributed by atoms with E-state index in [0.717, 1.165) is 16.8 Å². The summed E-state index contributed by atoms with van der Waals surface area (Å²) in [6.45, 7) is 0. The van der Waals surface area contributed by atoms with Gasteiger partial charge < -0.3 is 5.11 Å². The van der Waals surface area contributed by atoms with Crippen LogP contribution in [0, 0.1) is 0 Å². The number of thiazole rings is 1. The maximum absolute atomic E-state index is 9.45. The van der Waals surface area contributed by atoms with E-state index in [1.54, 1.807) is 24.4 Å². The van der Waals surface area contributed by atoms with Crippen LogP contribution in [0.3, 0.4) is 0 Å². The Balaban J connectivity index is 1.68. The van der Waals surface area contributed by atoms with Crippen LogP contribution >= 0.6 is 38.9 Å².